The monoisotopic (exact) mass is 325 g/mol. The Labute approximate surface area is 141 Å². The van der Waals surface area contributed by atoms with Crippen LogP contribution in [0.25, 0.3) is 10.9 Å². The van der Waals surface area contributed by atoms with Gasteiger partial charge >= 0.3 is 0 Å². The third-order valence-corrected chi connectivity index (χ3v) is 4.33. The highest BCUT2D eigenvalue weighted by atomic mass is 35.5. The van der Waals surface area contributed by atoms with E-state index in [9.17, 15) is 4.79 Å². The summed E-state index contributed by atoms with van der Waals surface area (Å²) < 4.78 is 2.11. The fourth-order valence-electron chi connectivity index (χ4n) is 2.87. The molecule has 0 spiro atoms. The molecule has 0 amide bonds. The second kappa shape index (κ2) is 7.01. The van der Waals surface area contributed by atoms with Crippen LogP contribution in [0.3, 0.4) is 0 Å². The zero-order chi connectivity index (χ0) is 16.2. The summed E-state index contributed by atoms with van der Waals surface area (Å²) >= 11 is 6.11. The van der Waals surface area contributed by atoms with E-state index in [0.717, 1.165) is 29.4 Å². The van der Waals surface area contributed by atoms with Crippen molar-refractivity contribution in [3.8, 4) is 0 Å². The van der Waals surface area contributed by atoms with Crippen molar-refractivity contribution in [2.45, 2.75) is 32.7 Å². The first-order chi connectivity index (χ1) is 11.2. The van der Waals surface area contributed by atoms with Gasteiger partial charge in [-0.05, 0) is 36.2 Å². The molecular formula is C20H20ClNO. The summed E-state index contributed by atoms with van der Waals surface area (Å²) in [6, 6.07) is 18.0. The van der Waals surface area contributed by atoms with Gasteiger partial charge in [-0.1, -0.05) is 55.3 Å². The van der Waals surface area contributed by atoms with Crippen LogP contribution in [0, 0.1) is 0 Å². The van der Waals surface area contributed by atoms with Crippen LogP contribution in [0.15, 0.2) is 54.6 Å². The van der Waals surface area contributed by atoms with E-state index in [2.05, 4.69) is 23.6 Å². The zero-order valence-electron chi connectivity index (χ0n) is 13.3. The first-order valence-corrected chi connectivity index (χ1v) is 8.42. The van der Waals surface area contributed by atoms with E-state index in [0.29, 0.717) is 18.0 Å². The summed E-state index contributed by atoms with van der Waals surface area (Å²) in [6.45, 7) is 2.80. The number of rotatable bonds is 6. The maximum Gasteiger partial charge on any atom is 0.179 e. The minimum atomic E-state index is 0.204. The molecule has 3 rings (SSSR count). The fraction of sp³-hybridized carbons (Fsp3) is 0.250. The molecule has 0 radical (unpaired) electrons. The molecule has 23 heavy (non-hydrogen) atoms. The maximum atomic E-state index is 12.6. The van der Waals surface area contributed by atoms with Crippen LogP contribution in [0.1, 0.15) is 42.2 Å². The largest absolute Gasteiger partial charge is 0.334 e. The molecule has 0 aliphatic rings. The van der Waals surface area contributed by atoms with Gasteiger partial charge in [-0.15, -0.1) is 0 Å². The number of nitrogens with zero attached hydrogens (tertiary/aromatic N) is 1. The van der Waals surface area contributed by atoms with Crippen molar-refractivity contribution in [2.75, 3.05) is 0 Å². The number of hydrogen-bond donors (Lipinski definition) is 0. The Hall–Kier alpha value is -2.06. The number of ketones is 1. The van der Waals surface area contributed by atoms with Gasteiger partial charge in [0.1, 0.15) is 0 Å². The summed E-state index contributed by atoms with van der Waals surface area (Å²) in [5.41, 5.74) is 3.02. The van der Waals surface area contributed by atoms with Gasteiger partial charge in [0.05, 0.1) is 5.69 Å². The standard InChI is InChI=1S/C20H20ClNO/c1-2-3-9-20(23)19-13-16-12-17(21)10-11-18(16)22(19)14-15-7-5-4-6-8-15/h4-8,10-13H,2-3,9,14H2,1H3. The topological polar surface area (TPSA) is 22.0 Å². The minimum absolute atomic E-state index is 0.204. The lowest BCUT2D eigenvalue weighted by Crippen LogP contribution is -2.10. The number of hydrogen-bond acceptors (Lipinski definition) is 1. The lowest BCUT2D eigenvalue weighted by molar-refractivity contribution is 0.0971. The fourth-order valence-corrected chi connectivity index (χ4v) is 3.06. The molecule has 0 aliphatic heterocycles. The Balaban J connectivity index is 2.06. The Morgan fingerprint density at radius 2 is 1.87 bits per heavy atom. The molecule has 0 aliphatic carbocycles. The van der Waals surface area contributed by atoms with Gasteiger partial charge in [0.25, 0.3) is 0 Å². The van der Waals surface area contributed by atoms with Gasteiger partial charge in [-0.2, -0.15) is 0 Å². The molecule has 1 aromatic heterocycles. The van der Waals surface area contributed by atoms with Crippen LogP contribution in [0.2, 0.25) is 5.02 Å². The van der Waals surface area contributed by atoms with Crippen LogP contribution in [0.4, 0.5) is 0 Å². The highest BCUT2D eigenvalue weighted by Gasteiger charge is 2.15. The average Bonchev–Trinajstić information content (AvgIpc) is 2.91. The van der Waals surface area contributed by atoms with Gasteiger partial charge in [0.15, 0.2) is 5.78 Å². The first-order valence-electron chi connectivity index (χ1n) is 8.05. The third-order valence-electron chi connectivity index (χ3n) is 4.09. The van der Waals surface area contributed by atoms with Crippen molar-refractivity contribution >= 4 is 28.3 Å². The van der Waals surface area contributed by atoms with Crippen LogP contribution in [-0.2, 0) is 6.54 Å². The van der Waals surface area contributed by atoms with Crippen LogP contribution in [0.5, 0.6) is 0 Å². The number of Topliss-reactive ketones (excluding diaryl/α,β-unsaturated/α-hetero) is 1. The lowest BCUT2D eigenvalue weighted by atomic mass is 10.1. The van der Waals surface area contributed by atoms with E-state index in [1.165, 1.54) is 5.56 Å². The lowest BCUT2D eigenvalue weighted by Gasteiger charge is -2.10. The minimum Gasteiger partial charge on any atom is -0.334 e. The predicted molar refractivity (Wildman–Crippen MR) is 96.3 cm³/mol. The molecule has 0 unspecified atom stereocenters. The van der Waals surface area contributed by atoms with Crippen molar-refractivity contribution in [1.29, 1.82) is 0 Å². The Kier molecular flexibility index (Phi) is 4.82. The molecular weight excluding hydrogens is 306 g/mol. The molecule has 0 atom stereocenters. The van der Waals surface area contributed by atoms with Crippen molar-refractivity contribution < 1.29 is 4.79 Å². The average molecular weight is 326 g/mol. The number of carbonyl (C=O) groups is 1. The number of halogens is 1. The molecule has 3 aromatic rings. The highest BCUT2D eigenvalue weighted by Crippen LogP contribution is 2.26. The Morgan fingerprint density at radius 1 is 1.09 bits per heavy atom. The van der Waals surface area contributed by atoms with Crippen molar-refractivity contribution in [3.05, 3.63) is 70.9 Å². The predicted octanol–water partition coefficient (Wildman–Crippen LogP) is 5.72. The van der Waals surface area contributed by atoms with Crippen molar-refractivity contribution in [3.63, 3.8) is 0 Å². The van der Waals surface area contributed by atoms with Gasteiger partial charge in [0, 0.05) is 28.9 Å². The van der Waals surface area contributed by atoms with Crippen LogP contribution < -0.4 is 0 Å². The number of fused-ring (bicyclic) bond motifs is 1. The smallest absolute Gasteiger partial charge is 0.179 e. The molecule has 0 bridgehead atoms. The van der Waals surface area contributed by atoms with Gasteiger partial charge < -0.3 is 4.57 Å². The number of benzene rings is 2. The molecule has 0 fully saturated rings. The summed E-state index contributed by atoms with van der Waals surface area (Å²) in [5, 5.41) is 1.72. The van der Waals surface area contributed by atoms with Crippen molar-refractivity contribution in [1.82, 2.24) is 4.57 Å². The summed E-state index contributed by atoms with van der Waals surface area (Å²) in [7, 11) is 0. The molecule has 2 aromatic carbocycles. The number of aromatic nitrogens is 1. The second-order valence-corrected chi connectivity index (χ2v) is 6.27. The second-order valence-electron chi connectivity index (χ2n) is 5.83. The van der Waals surface area contributed by atoms with Gasteiger partial charge in [0.2, 0.25) is 0 Å². The third kappa shape index (κ3) is 3.48. The molecule has 1 heterocycles. The zero-order valence-corrected chi connectivity index (χ0v) is 14.0. The van der Waals surface area contributed by atoms with E-state index in [4.69, 9.17) is 11.6 Å². The van der Waals surface area contributed by atoms with Gasteiger partial charge in [-0.3, -0.25) is 4.79 Å². The Bertz CT molecular complexity index is 820. The molecule has 0 saturated heterocycles. The van der Waals surface area contributed by atoms with Crippen molar-refractivity contribution in [2.24, 2.45) is 0 Å². The maximum absolute atomic E-state index is 12.6. The highest BCUT2D eigenvalue weighted by molar-refractivity contribution is 6.31. The molecule has 2 nitrogen and oxygen atoms in total. The first kappa shape index (κ1) is 15.8. The summed E-state index contributed by atoms with van der Waals surface area (Å²) in [5.74, 6) is 0.204. The Morgan fingerprint density at radius 3 is 2.61 bits per heavy atom. The number of carbonyl (C=O) groups excluding carboxylic acids is 1. The molecule has 0 saturated carbocycles. The molecule has 0 N–H and O–H groups in total. The van der Waals surface area contributed by atoms with E-state index in [1.807, 2.05) is 42.5 Å². The normalized spacial score (nSPS) is 11.0. The van der Waals surface area contributed by atoms with Crippen LogP contribution in [-0.4, -0.2) is 10.4 Å². The van der Waals surface area contributed by atoms with Gasteiger partial charge in [-0.25, -0.2) is 0 Å². The summed E-state index contributed by atoms with van der Waals surface area (Å²) in [6.07, 6.45) is 2.54. The summed E-state index contributed by atoms with van der Waals surface area (Å²) in [4.78, 5) is 12.6. The molecule has 118 valence electrons. The van der Waals surface area contributed by atoms with E-state index >= 15 is 0 Å². The molecule has 3 heteroatoms. The van der Waals surface area contributed by atoms with E-state index in [-0.39, 0.29) is 5.78 Å². The quantitative estimate of drug-likeness (QED) is 0.531. The van der Waals surface area contributed by atoms with E-state index in [1.54, 1.807) is 0 Å². The number of unbranched alkanes of at least 4 members (excludes halogenated alkanes) is 1. The SMILES string of the molecule is CCCCC(=O)c1cc2cc(Cl)ccc2n1Cc1ccccc1. The van der Waals surface area contributed by atoms with Crippen LogP contribution >= 0.6 is 11.6 Å². The van der Waals surface area contributed by atoms with E-state index < -0.39 is 0 Å².